The summed E-state index contributed by atoms with van der Waals surface area (Å²) in [5.41, 5.74) is 7.10. The van der Waals surface area contributed by atoms with Crippen LogP contribution in [0.2, 0.25) is 0 Å². The van der Waals surface area contributed by atoms with Crippen molar-refractivity contribution in [3.8, 4) is 0 Å². The lowest BCUT2D eigenvalue weighted by Gasteiger charge is -1.97. The monoisotopic (exact) mass is 252 g/mol. The van der Waals surface area contributed by atoms with Crippen LogP contribution in [0, 0.1) is 0 Å². The van der Waals surface area contributed by atoms with Gasteiger partial charge < -0.3 is 10.7 Å². The van der Waals surface area contributed by atoms with E-state index >= 15 is 0 Å². The fraction of sp³-hybridized carbons (Fsp3) is 0.100. The van der Waals surface area contributed by atoms with Crippen LogP contribution in [0.25, 0.3) is 10.9 Å². The molecule has 0 saturated carbocycles. The van der Waals surface area contributed by atoms with Crippen molar-refractivity contribution in [2.24, 2.45) is 5.73 Å². The number of hydrogen-bond acceptors (Lipinski definition) is 1. The number of halogens is 1. The molecule has 1 amide bonds. The number of carbonyl (C=O) groups is 1. The van der Waals surface area contributed by atoms with Crippen molar-refractivity contribution in [1.29, 1.82) is 0 Å². The molecule has 2 rings (SSSR count). The van der Waals surface area contributed by atoms with E-state index < -0.39 is 0 Å². The van der Waals surface area contributed by atoms with Crippen LogP contribution in [0.3, 0.4) is 0 Å². The minimum atomic E-state index is -0.318. The molecule has 3 nitrogen and oxygen atoms in total. The third-order valence-electron chi connectivity index (χ3n) is 2.10. The van der Waals surface area contributed by atoms with E-state index in [1.165, 1.54) is 0 Å². The van der Waals surface area contributed by atoms with Crippen LogP contribution < -0.4 is 5.73 Å². The number of aromatic nitrogens is 1. The number of nitrogens with two attached hydrogens (primary N) is 1. The number of amides is 1. The molecule has 0 bridgehead atoms. The van der Waals surface area contributed by atoms with Crippen LogP contribution in [-0.2, 0) is 11.2 Å². The van der Waals surface area contributed by atoms with Crippen molar-refractivity contribution in [2.75, 3.05) is 0 Å². The number of primary amides is 1. The minimum Gasteiger partial charge on any atom is -0.369 e. The summed E-state index contributed by atoms with van der Waals surface area (Å²) >= 11 is 3.44. The molecule has 0 aliphatic rings. The first-order chi connectivity index (χ1) is 6.68. The second kappa shape index (κ2) is 3.46. The molecule has 1 aromatic heterocycles. The zero-order valence-corrected chi connectivity index (χ0v) is 8.97. The van der Waals surface area contributed by atoms with E-state index in [1.54, 1.807) is 0 Å². The van der Waals surface area contributed by atoms with E-state index in [0.717, 1.165) is 20.9 Å². The first kappa shape index (κ1) is 9.27. The third kappa shape index (κ3) is 1.53. The van der Waals surface area contributed by atoms with Crippen molar-refractivity contribution in [2.45, 2.75) is 6.42 Å². The summed E-state index contributed by atoms with van der Waals surface area (Å²) in [6, 6.07) is 5.85. The zero-order valence-electron chi connectivity index (χ0n) is 7.38. The van der Waals surface area contributed by atoms with E-state index in [9.17, 15) is 4.79 Å². The van der Waals surface area contributed by atoms with E-state index in [-0.39, 0.29) is 12.3 Å². The summed E-state index contributed by atoms with van der Waals surface area (Å²) in [5, 5.41) is 1.03. The van der Waals surface area contributed by atoms with Crippen molar-refractivity contribution in [3.63, 3.8) is 0 Å². The lowest BCUT2D eigenvalue weighted by molar-refractivity contribution is -0.117. The number of aromatic amines is 1. The first-order valence-electron chi connectivity index (χ1n) is 4.21. The summed E-state index contributed by atoms with van der Waals surface area (Å²) in [6.07, 6.45) is 2.09. The Labute approximate surface area is 89.4 Å². The Bertz CT molecular complexity index is 490. The summed E-state index contributed by atoms with van der Waals surface area (Å²) < 4.78 is 0.979. The maximum absolute atomic E-state index is 10.8. The van der Waals surface area contributed by atoms with E-state index in [4.69, 9.17) is 5.73 Å². The molecule has 0 fully saturated rings. The molecular formula is C10H9BrN2O. The minimum absolute atomic E-state index is 0.266. The fourth-order valence-electron chi connectivity index (χ4n) is 1.53. The van der Waals surface area contributed by atoms with Gasteiger partial charge in [0.05, 0.1) is 6.42 Å². The van der Waals surface area contributed by atoms with Crippen LogP contribution >= 0.6 is 15.9 Å². The highest BCUT2D eigenvalue weighted by molar-refractivity contribution is 9.10. The number of carbonyl (C=O) groups excluding carboxylic acids is 1. The van der Waals surface area contributed by atoms with Crippen LogP contribution in [0.15, 0.2) is 28.9 Å². The molecule has 72 valence electrons. The lowest BCUT2D eigenvalue weighted by Crippen LogP contribution is -2.13. The smallest absolute Gasteiger partial charge is 0.221 e. The van der Waals surface area contributed by atoms with Gasteiger partial charge in [0.1, 0.15) is 0 Å². The van der Waals surface area contributed by atoms with Gasteiger partial charge in [0.15, 0.2) is 0 Å². The standard InChI is InChI=1S/C10H9BrN2O/c11-7-2-1-3-8-10(7)6(5-13-8)4-9(12)14/h1-3,5,13H,4H2,(H2,12,14). The molecule has 0 spiro atoms. The van der Waals surface area contributed by atoms with Crippen molar-refractivity contribution < 1.29 is 4.79 Å². The maximum Gasteiger partial charge on any atom is 0.221 e. The highest BCUT2D eigenvalue weighted by atomic mass is 79.9. The molecule has 0 radical (unpaired) electrons. The second-order valence-electron chi connectivity index (χ2n) is 3.12. The molecular weight excluding hydrogens is 244 g/mol. The van der Waals surface area contributed by atoms with Gasteiger partial charge in [-0.15, -0.1) is 0 Å². The largest absolute Gasteiger partial charge is 0.369 e. The predicted octanol–water partition coefficient (Wildman–Crippen LogP) is 1.96. The van der Waals surface area contributed by atoms with Gasteiger partial charge in [-0.3, -0.25) is 4.79 Å². The van der Waals surface area contributed by atoms with Gasteiger partial charge in [-0.1, -0.05) is 22.0 Å². The predicted molar refractivity (Wildman–Crippen MR) is 58.9 cm³/mol. The average Bonchev–Trinajstić information content (AvgIpc) is 2.49. The number of benzene rings is 1. The lowest BCUT2D eigenvalue weighted by atomic mass is 10.1. The molecule has 0 saturated heterocycles. The summed E-state index contributed by atoms with van der Waals surface area (Å²) in [6.45, 7) is 0. The van der Waals surface area contributed by atoms with Gasteiger partial charge in [-0.05, 0) is 17.7 Å². The molecule has 14 heavy (non-hydrogen) atoms. The molecule has 0 aliphatic heterocycles. The van der Waals surface area contributed by atoms with Crippen molar-refractivity contribution in [1.82, 2.24) is 4.98 Å². The Hall–Kier alpha value is -1.29. The first-order valence-corrected chi connectivity index (χ1v) is 5.00. The Morgan fingerprint density at radius 3 is 3.00 bits per heavy atom. The van der Waals surface area contributed by atoms with Gasteiger partial charge >= 0.3 is 0 Å². The Kier molecular flexibility index (Phi) is 2.29. The van der Waals surface area contributed by atoms with Gasteiger partial charge in [0.25, 0.3) is 0 Å². The quantitative estimate of drug-likeness (QED) is 0.844. The summed E-state index contributed by atoms with van der Waals surface area (Å²) in [7, 11) is 0. The number of H-pyrrole nitrogens is 1. The SMILES string of the molecule is NC(=O)Cc1c[nH]c2cccc(Br)c12. The van der Waals surface area contributed by atoms with Crippen molar-refractivity contribution in [3.05, 3.63) is 34.4 Å². The zero-order chi connectivity index (χ0) is 10.1. The number of fused-ring (bicyclic) bond motifs is 1. The van der Waals surface area contributed by atoms with Crippen LogP contribution in [-0.4, -0.2) is 10.9 Å². The van der Waals surface area contributed by atoms with Crippen LogP contribution in [0.4, 0.5) is 0 Å². The van der Waals surface area contributed by atoms with Gasteiger partial charge in [0, 0.05) is 21.6 Å². The molecule has 1 aromatic carbocycles. The normalized spacial score (nSPS) is 10.6. The number of hydrogen-bond donors (Lipinski definition) is 2. The Balaban J connectivity index is 2.61. The molecule has 4 heteroatoms. The topological polar surface area (TPSA) is 58.9 Å². The number of rotatable bonds is 2. The molecule has 3 N–H and O–H groups in total. The number of nitrogens with one attached hydrogen (secondary N) is 1. The van der Waals surface area contributed by atoms with E-state index in [2.05, 4.69) is 20.9 Å². The summed E-state index contributed by atoms with van der Waals surface area (Å²) in [4.78, 5) is 13.9. The van der Waals surface area contributed by atoms with Crippen LogP contribution in [0.5, 0.6) is 0 Å². The van der Waals surface area contributed by atoms with Crippen molar-refractivity contribution >= 4 is 32.7 Å². The molecule has 0 atom stereocenters. The maximum atomic E-state index is 10.8. The average molecular weight is 253 g/mol. The molecule has 0 unspecified atom stereocenters. The van der Waals surface area contributed by atoms with E-state index in [0.29, 0.717) is 0 Å². The Morgan fingerprint density at radius 1 is 1.50 bits per heavy atom. The van der Waals surface area contributed by atoms with Gasteiger partial charge in [-0.2, -0.15) is 0 Å². The van der Waals surface area contributed by atoms with Crippen LogP contribution in [0.1, 0.15) is 5.56 Å². The third-order valence-corrected chi connectivity index (χ3v) is 2.76. The van der Waals surface area contributed by atoms with Gasteiger partial charge in [0.2, 0.25) is 5.91 Å². The molecule has 2 aromatic rings. The Morgan fingerprint density at radius 2 is 2.29 bits per heavy atom. The molecule has 1 heterocycles. The highest BCUT2D eigenvalue weighted by Crippen LogP contribution is 2.26. The highest BCUT2D eigenvalue weighted by Gasteiger charge is 2.08. The fourth-order valence-corrected chi connectivity index (χ4v) is 2.16. The van der Waals surface area contributed by atoms with Gasteiger partial charge in [-0.25, -0.2) is 0 Å². The molecule has 0 aliphatic carbocycles. The van der Waals surface area contributed by atoms with E-state index in [1.807, 2.05) is 24.4 Å². The summed E-state index contributed by atoms with van der Waals surface area (Å²) in [5.74, 6) is -0.318. The second-order valence-corrected chi connectivity index (χ2v) is 3.97.